The molecular formula is C14H13FO2S. The maximum atomic E-state index is 13.7. The van der Waals surface area contributed by atoms with Crippen LogP contribution >= 0.6 is 11.3 Å². The molecule has 0 aliphatic heterocycles. The molecule has 0 aliphatic carbocycles. The van der Waals surface area contributed by atoms with E-state index in [1.165, 1.54) is 17.4 Å². The van der Waals surface area contributed by atoms with Crippen molar-refractivity contribution in [3.05, 3.63) is 46.6 Å². The number of hydrogen-bond acceptors (Lipinski definition) is 3. The molecule has 0 spiro atoms. The molecule has 2 nitrogen and oxygen atoms in total. The summed E-state index contributed by atoms with van der Waals surface area (Å²) in [6, 6.07) is 6.55. The van der Waals surface area contributed by atoms with Crippen molar-refractivity contribution in [2.75, 3.05) is 6.61 Å². The number of carbonyl (C=O) groups is 1. The predicted octanol–water partition coefficient (Wildman–Crippen LogP) is 4.04. The minimum Gasteiger partial charge on any atom is -0.462 e. The highest BCUT2D eigenvalue weighted by Gasteiger charge is 2.17. The van der Waals surface area contributed by atoms with Gasteiger partial charge >= 0.3 is 5.97 Å². The Labute approximate surface area is 109 Å². The molecule has 2 aromatic rings. The van der Waals surface area contributed by atoms with Crippen molar-refractivity contribution in [3.8, 4) is 10.4 Å². The largest absolute Gasteiger partial charge is 0.462 e. The molecule has 94 valence electrons. The van der Waals surface area contributed by atoms with Crippen molar-refractivity contribution in [3.63, 3.8) is 0 Å². The van der Waals surface area contributed by atoms with Crippen LogP contribution in [0.5, 0.6) is 0 Å². The zero-order valence-electron chi connectivity index (χ0n) is 10.2. The van der Waals surface area contributed by atoms with Crippen LogP contribution in [0.1, 0.15) is 22.8 Å². The van der Waals surface area contributed by atoms with Crippen molar-refractivity contribution in [1.82, 2.24) is 0 Å². The Morgan fingerprint density at radius 1 is 1.39 bits per heavy atom. The van der Waals surface area contributed by atoms with Crippen LogP contribution in [0.3, 0.4) is 0 Å². The fraction of sp³-hybridized carbons (Fsp3) is 0.214. The summed E-state index contributed by atoms with van der Waals surface area (Å²) in [7, 11) is 0. The van der Waals surface area contributed by atoms with Gasteiger partial charge in [0, 0.05) is 15.8 Å². The van der Waals surface area contributed by atoms with Crippen LogP contribution in [-0.4, -0.2) is 12.6 Å². The second kappa shape index (κ2) is 5.31. The summed E-state index contributed by atoms with van der Waals surface area (Å²) in [6.07, 6.45) is 0. The highest BCUT2D eigenvalue weighted by atomic mass is 32.1. The molecule has 1 heterocycles. The van der Waals surface area contributed by atoms with E-state index in [9.17, 15) is 9.18 Å². The number of rotatable bonds is 3. The molecule has 0 amide bonds. The molecule has 0 saturated carbocycles. The summed E-state index contributed by atoms with van der Waals surface area (Å²) in [4.78, 5) is 12.5. The van der Waals surface area contributed by atoms with Crippen LogP contribution in [0.25, 0.3) is 10.4 Å². The molecule has 18 heavy (non-hydrogen) atoms. The Bertz CT molecular complexity index is 575. The average molecular weight is 264 g/mol. The average Bonchev–Trinajstić information content (AvgIpc) is 2.72. The van der Waals surface area contributed by atoms with Gasteiger partial charge in [-0.2, -0.15) is 0 Å². The van der Waals surface area contributed by atoms with Gasteiger partial charge < -0.3 is 4.74 Å². The van der Waals surface area contributed by atoms with Crippen LogP contribution in [-0.2, 0) is 4.74 Å². The summed E-state index contributed by atoms with van der Waals surface area (Å²) < 4.78 is 18.7. The fourth-order valence-corrected chi connectivity index (χ4v) is 2.83. The van der Waals surface area contributed by atoms with Crippen LogP contribution < -0.4 is 0 Å². The van der Waals surface area contributed by atoms with Gasteiger partial charge in [0.15, 0.2) is 0 Å². The molecule has 1 aromatic carbocycles. The highest BCUT2D eigenvalue weighted by molar-refractivity contribution is 7.14. The third kappa shape index (κ3) is 2.29. The lowest BCUT2D eigenvalue weighted by Gasteiger charge is -2.03. The second-order valence-corrected chi connectivity index (χ2v) is 4.68. The summed E-state index contributed by atoms with van der Waals surface area (Å²) >= 11 is 1.36. The van der Waals surface area contributed by atoms with Gasteiger partial charge in [-0.05, 0) is 25.5 Å². The van der Waals surface area contributed by atoms with Gasteiger partial charge in [-0.1, -0.05) is 18.2 Å². The lowest BCUT2D eigenvalue weighted by molar-refractivity contribution is 0.0526. The molecule has 0 bridgehead atoms. The number of esters is 1. The standard InChI is InChI=1S/C14H13FO2S/c1-3-17-14(16)11-8-18-13(9(11)2)10-6-4-5-7-12(10)15/h4-8H,3H2,1-2H3. The molecule has 0 fully saturated rings. The molecule has 0 saturated heterocycles. The molecular weight excluding hydrogens is 251 g/mol. The molecule has 0 atom stereocenters. The number of benzene rings is 1. The predicted molar refractivity (Wildman–Crippen MR) is 70.4 cm³/mol. The maximum Gasteiger partial charge on any atom is 0.339 e. The monoisotopic (exact) mass is 264 g/mol. The highest BCUT2D eigenvalue weighted by Crippen LogP contribution is 2.34. The Hall–Kier alpha value is -1.68. The Balaban J connectivity index is 2.43. The van der Waals surface area contributed by atoms with E-state index in [0.717, 1.165) is 10.4 Å². The lowest BCUT2D eigenvalue weighted by atomic mass is 10.1. The van der Waals surface area contributed by atoms with Gasteiger partial charge in [0.25, 0.3) is 0 Å². The number of hydrogen-bond donors (Lipinski definition) is 0. The summed E-state index contributed by atoms with van der Waals surface area (Å²) in [5, 5.41) is 1.72. The van der Waals surface area contributed by atoms with E-state index in [4.69, 9.17) is 4.74 Å². The number of thiophene rings is 1. The first-order chi connectivity index (χ1) is 8.65. The first kappa shape index (κ1) is 12.8. The minimum atomic E-state index is -0.353. The number of carbonyl (C=O) groups excluding carboxylic acids is 1. The first-order valence-corrected chi connectivity index (χ1v) is 6.53. The normalized spacial score (nSPS) is 10.4. The molecule has 4 heteroatoms. The Morgan fingerprint density at radius 3 is 2.78 bits per heavy atom. The lowest BCUT2D eigenvalue weighted by Crippen LogP contribution is -2.04. The molecule has 0 aliphatic rings. The van der Waals surface area contributed by atoms with Crippen LogP contribution in [0, 0.1) is 12.7 Å². The van der Waals surface area contributed by atoms with E-state index < -0.39 is 0 Å². The fourth-order valence-electron chi connectivity index (χ4n) is 1.74. The third-order valence-corrected chi connectivity index (χ3v) is 3.77. The van der Waals surface area contributed by atoms with E-state index >= 15 is 0 Å². The summed E-state index contributed by atoms with van der Waals surface area (Å²) in [5.41, 5.74) is 1.80. The van der Waals surface area contributed by atoms with Crippen molar-refractivity contribution in [2.45, 2.75) is 13.8 Å². The zero-order chi connectivity index (χ0) is 13.1. The number of halogens is 1. The van der Waals surface area contributed by atoms with Crippen LogP contribution in [0.4, 0.5) is 4.39 Å². The van der Waals surface area contributed by atoms with Crippen molar-refractivity contribution >= 4 is 17.3 Å². The van der Waals surface area contributed by atoms with Crippen LogP contribution in [0.15, 0.2) is 29.6 Å². The van der Waals surface area contributed by atoms with E-state index in [0.29, 0.717) is 17.7 Å². The quantitative estimate of drug-likeness (QED) is 0.782. The Kier molecular flexibility index (Phi) is 3.77. The van der Waals surface area contributed by atoms with Gasteiger partial charge in [0.1, 0.15) is 5.82 Å². The van der Waals surface area contributed by atoms with Gasteiger partial charge in [-0.3, -0.25) is 0 Å². The molecule has 0 radical (unpaired) electrons. The summed E-state index contributed by atoms with van der Waals surface area (Å²) in [6.45, 7) is 3.91. The molecule has 1 aromatic heterocycles. The van der Waals surface area contributed by atoms with E-state index in [2.05, 4.69) is 0 Å². The molecule has 2 rings (SSSR count). The summed E-state index contributed by atoms with van der Waals surface area (Å²) in [5.74, 6) is -0.633. The SMILES string of the molecule is CCOC(=O)c1csc(-c2ccccc2F)c1C. The van der Waals surface area contributed by atoms with Gasteiger partial charge in [-0.15, -0.1) is 11.3 Å². The van der Waals surface area contributed by atoms with E-state index in [-0.39, 0.29) is 11.8 Å². The van der Waals surface area contributed by atoms with Gasteiger partial charge in [-0.25, -0.2) is 9.18 Å². The second-order valence-electron chi connectivity index (χ2n) is 3.80. The van der Waals surface area contributed by atoms with E-state index in [1.54, 1.807) is 30.5 Å². The number of ether oxygens (including phenoxy) is 1. The minimum absolute atomic E-state index is 0.280. The topological polar surface area (TPSA) is 26.3 Å². The third-order valence-electron chi connectivity index (χ3n) is 2.65. The smallest absolute Gasteiger partial charge is 0.339 e. The maximum absolute atomic E-state index is 13.7. The molecule has 0 N–H and O–H groups in total. The van der Waals surface area contributed by atoms with Gasteiger partial charge in [0.05, 0.1) is 12.2 Å². The first-order valence-electron chi connectivity index (χ1n) is 5.65. The van der Waals surface area contributed by atoms with Gasteiger partial charge in [0.2, 0.25) is 0 Å². The van der Waals surface area contributed by atoms with Crippen molar-refractivity contribution < 1.29 is 13.9 Å². The molecule has 0 unspecified atom stereocenters. The van der Waals surface area contributed by atoms with Crippen molar-refractivity contribution in [2.24, 2.45) is 0 Å². The van der Waals surface area contributed by atoms with Crippen molar-refractivity contribution in [1.29, 1.82) is 0 Å². The Morgan fingerprint density at radius 2 is 2.11 bits per heavy atom. The van der Waals surface area contributed by atoms with Crippen LogP contribution in [0.2, 0.25) is 0 Å². The van der Waals surface area contributed by atoms with E-state index in [1.807, 2.05) is 6.92 Å². The zero-order valence-corrected chi connectivity index (χ0v) is 11.0.